The lowest BCUT2D eigenvalue weighted by atomic mass is 10.1. The highest BCUT2D eigenvalue weighted by Gasteiger charge is 2.20. The molecular weight excluding hydrogens is 393 g/mol. The van der Waals surface area contributed by atoms with Crippen LogP contribution in [0.2, 0.25) is 0 Å². The Kier molecular flexibility index (Phi) is 9.99. The first-order chi connectivity index (χ1) is 9.81. The molecule has 1 amide bonds. The van der Waals surface area contributed by atoms with Gasteiger partial charge >= 0.3 is 0 Å². The molecule has 7 heteroatoms. The molecule has 0 aromatic rings. The van der Waals surface area contributed by atoms with E-state index in [9.17, 15) is 4.79 Å². The van der Waals surface area contributed by atoms with E-state index in [-0.39, 0.29) is 42.0 Å². The number of nitrogens with zero attached hydrogens (tertiary/aromatic N) is 2. The molecule has 1 aliphatic heterocycles. The zero-order valence-electron chi connectivity index (χ0n) is 14.5. The molecule has 1 aliphatic rings. The van der Waals surface area contributed by atoms with Crippen LogP contribution >= 0.6 is 24.0 Å². The fourth-order valence-corrected chi connectivity index (χ4v) is 2.40. The fourth-order valence-electron chi connectivity index (χ4n) is 2.40. The largest absolute Gasteiger partial charge is 0.357 e. The molecule has 130 valence electrons. The SMILES string of the molecule is CCNC(=NCC(=O)NC(C)(C)C)NCC1CCCN1C.I. The zero-order valence-corrected chi connectivity index (χ0v) is 16.9. The van der Waals surface area contributed by atoms with E-state index in [1.54, 1.807) is 0 Å². The summed E-state index contributed by atoms with van der Waals surface area (Å²) in [7, 11) is 2.15. The normalized spacial score (nSPS) is 19.5. The summed E-state index contributed by atoms with van der Waals surface area (Å²) in [6.07, 6.45) is 2.47. The Morgan fingerprint density at radius 1 is 1.32 bits per heavy atom. The number of nitrogens with one attached hydrogen (secondary N) is 3. The number of hydrogen-bond acceptors (Lipinski definition) is 3. The van der Waals surface area contributed by atoms with Crippen molar-refractivity contribution in [3.8, 4) is 0 Å². The first kappa shape index (κ1) is 21.4. The molecule has 1 atom stereocenters. The summed E-state index contributed by atoms with van der Waals surface area (Å²) < 4.78 is 0. The van der Waals surface area contributed by atoms with Crippen LogP contribution in [-0.4, -0.2) is 61.6 Å². The van der Waals surface area contributed by atoms with Gasteiger partial charge in [-0.1, -0.05) is 0 Å². The third kappa shape index (κ3) is 8.77. The molecule has 6 nitrogen and oxygen atoms in total. The van der Waals surface area contributed by atoms with Crippen molar-refractivity contribution in [1.82, 2.24) is 20.9 Å². The zero-order chi connectivity index (χ0) is 15.9. The monoisotopic (exact) mass is 425 g/mol. The molecule has 1 rings (SSSR count). The fraction of sp³-hybridized carbons (Fsp3) is 0.867. The van der Waals surface area contributed by atoms with Crippen LogP contribution in [0.25, 0.3) is 0 Å². The predicted octanol–water partition coefficient (Wildman–Crippen LogP) is 1.17. The number of carbonyl (C=O) groups is 1. The maximum Gasteiger partial charge on any atom is 0.242 e. The number of rotatable bonds is 5. The second-order valence-corrected chi connectivity index (χ2v) is 6.65. The van der Waals surface area contributed by atoms with Gasteiger partial charge in [-0.2, -0.15) is 0 Å². The Labute approximate surface area is 151 Å². The minimum atomic E-state index is -0.217. The van der Waals surface area contributed by atoms with Gasteiger partial charge in [0.25, 0.3) is 0 Å². The molecule has 0 bridgehead atoms. The van der Waals surface area contributed by atoms with Crippen molar-refractivity contribution in [2.75, 3.05) is 33.2 Å². The molecule has 1 heterocycles. The molecule has 1 unspecified atom stereocenters. The maximum atomic E-state index is 11.8. The Hall–Kier alpha value is -0.570. The summed E-state index contributed by atoms with van der Waals surface area (Å²) in [5.74, 6) is 0.652. The van der Waals surface area contributed by atoms with Crippen molar-refractivity contribution >= 4 is 35.8 Å². The molecule has 0 aromatic carbocycles. The smallest absolute Gasteiger partial charge is 0.242 e. The number of hydrogen-bond donors (Lipinski definition) is 3. The van der Waals surface area contributed by atoms with Gasteiger partial charge in [-0.25, -0.2) is 4.99 Å². The van der Waals surface area contributed by atoms with E-state index in [0.717, 1.165) is 19.6 Å². The van der Waals surface area contributed by atoms with E-state index >= 15 is 0 Å². The van der Waals surface area contributed by atoms with E-state index in [1.165, 1.54) is 12.8 Å². The van der Waals surface area contributed by atoms with Crippen LogP contribution in [0.3, 0.4) is 0 Å². The van der Waals surface area contributed by atoms with Gasteiger partial charge in [-0.3, -0.25) is 4.79 Å². The first-order valence-corrected chi connectivity index (χ1v) is 7.85. The van der Waals surface area contributed by atoms with Crippen LogP contribution in [0.4, 0.5) is 0 Å². The molecule has 0 saturated carbocycles. The minimum absolute atomic E-state index is 0. The number of amides is 1. The third-order valence-corrected chi connectivity index (χ3v) is 3.42. The Bertz CT molecular complexity index is 367. The highest BCUT2D eigenvalue weighted by Crippen LogP contribution is 2.13. The number of likely N-dealkylation sites (tertiary alicyclic amines) is 1. The van der Waals surface area contributed by atoms with Gasteiger partial charge < -0.3 is 20.9 Å². The lowest BCUT2D eigenvalue weighted by molar-refractivity contribution is -0.121. The average Bonchev–Trinajstić information content (AvgIpc) is 2.76. The first-order valence-electron chi connectivity index (χ1n) is 7.85. The molecule has 1 fully saturated rings. The van der Waals surface area contributed by atoms with Crippen molar-refractivity contribution in [2.45, 2.75) is 52.1 Å². The quantitative estimate of drug-likeness (QED) is 0.352. The summed E-state index contributed by atoms with van der Waals surface area (Å²) in [6, 6.07) is 0.553. The summed E-state index contributed by atoms with van der Waals surface area (Å²) in [6.45, 7) is 10.9. The summed E-state index contributed by atoms with van der Waals surface area (Å²) in [5, 5.41) is 9.42. The molecule has 0 aliphatic carbocycles. The molecule has 0 aromatic heterocycles. The van der Waals surface area contributed by atoms with Gasteiger partial charge in [0.2, 0.25) is 5.91 Å². The summed E-state index contributed by atoms with van der Waals surface area (Å²) in [4.78, 5) is 18.5. The van der Waals surface area contributed by atoms with Gasteiger partial charge in [-0.05, 0) is 54.1 Å². The van der Waals surface area contributed by atoms with E-state index in [1.807, 2.05) is 27.7 Å². The van der Waals surface area contributed by atoms with Gasteiger partial charge in [0.1, 0.15) is 6.54 Å². The van der Waals surface area contributed by atoms with Crippen LogP contribution in [0.1, 0.15) is 40.5 Å². The van der Waals surface area contributed by atoms with Crippen LogP contribution in [0, 0.1) is 0 Å². The van der Waals surface area contributed by atoms with Crippen LogP contribution in [0.5, 0.6) is 0 Å². The van der Waals surface area contributed by atoms with Crippen molar-refractivity contribution in [3.63, 3.8) is 0 Å². The van der Waals surface area contributed by atoms with Crippen molar-refractivity contribution in [1.29, 1.82) is 0 Å². The van der Waals surface area contributed by atoms with Gasteiger partial charge in [0, 0.05) is 24.7 Å². The Morgan fingerprint density at radius 3 is 2.50 bits per heavy atom. The lowest BCUT2D eigenvalue weighted by Gasteiger charge is -2.22. The summed E-state index contributed by atoms with van der Waals surface area (Å²) in [5.41, 5.74) is -0.217. The molecule has 0 radical (unpaired) electrons. The van der Waals surface area contributed by atoms with Crippen LogP contribution < -0.4 is 16.0 Å². The number of halogens is 1. The van der Waals surface area contributed by atoms with Crippen molar-refractivity contribution in [2.24, 2.45) is 4.99 Å². The molecule has 3 N–H and O–H groups in total. The van der Waals surface area contributed by atoms with Gasteiger partial charge in [0.05, 0.1) is 0 Å². The van der Waals surface area contributed by atoms with Crippen molar-refractivity contribution < 1.29 is 4.79 Å². The number of guanidine groups is 1. The van der Waals surface area contributed by atoms with Crippen LogP contribution in [-0.2, 0) is 4.79 Å². The summed E-state index contributed by atoms with van der Waals surface area (Å²) >= 11 is 0. The van der Waals surface area contributed by atoms with E-state index in [0.29, 0.717) is 12.0 Å². The number of likely N-dealkylation sites (N-methyl/N-ethyl adjacent to an activating group) is 1. The highest BCUT2D eigenvalue weighted by atomic mass is 127. The molecule has 22 heavy (non-hydrogen) atoms. The Balaban J connectivity index is 0.00000441. The van der Waals surface area contributed by atoms with Crippen LogP contribution in [0.15, 0.2) is 4.99 Å². The minimum Gasteiger partial charge on any atom is -0.357 e. The van der Waals surface area contributed by atoms with Crippen molar-refractivity contribution in [3.05, 3.63) is 0 Å². The number of aliphatic imine (C=N–C) groups is 1. The van der Waals surface area contributed by atoms with Gasteiger partial charge in [0.15, 0.2) is 5.96 Å². The molecule has 1 saturated heterocycles. The highest BCUT2D eigenvalue weighted by molar-refractivity contribution is 14.0. The van der Waals surface area contributed by atoms with E-state index < -0.39 is 0 Å². The second-order valence-electron chi connectivity index (χ2n) is 6.65. The maximum absolute atomic E-state index is 11.8. The lowest BCUT2D eigenvalue weighted by Crippen LogP contribution is -2.45. The topological polar surface area (TPSA) is 68.8 Å². The molecular formula is C15H32IN5O. The molecule has 0 spiro atoms. The van der Waals surface area contributed by atoms with E-state index in [4.69, 9.17) is 0 Å². The second kappa shape index (κ2) is 10.3. The van der Waals surface area contributed by atoms with E-state index in [2.05, 4.69) is 32.9 Å². The standard InChI is InChI=1S/C15H31N5O.HI/c1-6-16-14(17-10-12-8-7-9-20(12)5)18-11-13(21)19-15(2,3)4;/h12H,6-11H2,1-5H3,(H,19,21)(H2,16,17,18);1H. The Morgan fingerprint density at radius 2 is 2.00 bits per heavy atom. The number of carbonyl (C=O) groups excluding carboxylic acids is 1. The predicted molar refractivity (Wildman–Crippen MR) is 103 cm³/mol. The average molecular weight is 425 g/mol. The third-order valence-electron chi connectivity index (χ3n) is 3.42. The van der Waals surface area contributed by atoms with Gasteiger partial charge in [-0.15, -0.1) is 24.0 Å².